The van der Waals surface area contributed by atoms with Crippen molar-refractivity contribution < 1.29 is 14.3 Å². The number of ether oxygens (including phenoxy) is 2. The van der Waals surface area contributed by atoms with E-state index in [9.17, 15) is 4.79 Å². The summed E-state index contributed by atoms with van der Waals surface area (Å²) in [5.41, 5.74) is 2.03. The lowest BCUT2D eigenvalue weighted by atomic mass is 9.84. The van der Waals surface area contributed by atoms with E-state index in [1.165, 1.54) is 4.80 Å². The third-order valence-electron chi connectivity index (χ3n) is 6.84. The minimum Gasteiger partial charge on any atom is -0.493 e. The lowest BCUT2D eigenvalue weighted by Gasteiger charge is -2.45. The lowest BCUT2D eigenvalue weighted by Crippen LogP contribution is -2.54. The highest BCUT2D eigenvalue weighted by Gasteiger charge is 2.38. The smallest absolute Gasteiger partial charge is 0.256 e. The molecule has 0 aliphatic carbocycles. The molecule has 2 aromatic heterocycles. The number of anilines is 1. The van der Waals surface area contributed by atoms with Gasteiger partial charge in [-0.2, -0.15) is 15.0 Å². The number of nitrogens with zero attached hydrogens (tertiary/aromatic N) is 6. The van der Waals surface area contributed by atoms with E-state index in [0.717, 1.165) is 39.9 Å². The number of fused-ring (bicyclic) bond motifs is 3. The van der Waals surface area contributed by atoms with Crippen LogP contribution >= 0.6 is 22.9 Å². The van der Waals surface area contributed by atoms with Crippen LogP contribution in [0.25, 0.3) is 15.9 Å². The zero-order chi connectivity index (χ0) is 24.8. The predicted octanol–water partition coefficient (Wildman–Crippen LogP) is 4.15. The maximum absolute atomic E-state index is 13.8. The molecule has 2 fully saturated rings. The largest absolute Gasteiger partial charge is 0.493 e. The second kappa shape index (κ2) is 9.25. The molecule has 0 spiro atoms. The van der Waals surface area contributed by atoms with Crippen LogP contribution in [0.5, 0.6) is 11.5 Å². The number of halogens is 1. The van der Waals surface area contributed by atoms with Crippen molar-refractivity contribution in [3.8, 4) is 17.2 Å². The first kappa shape index (κ1) is 23.1. The van der Waals surface area contributed by atoms with Crippen LogP contribution < -0.4 is 14.4 Å². The molecule has 1 amide bonds. The van der Waals surface area contributed by atoms with E-state index in [0.29, 0.717) is 47.7 Å². The molecule has 36 heavy (non-hydrogen) atoms. The molecule has 0 N–H and O–H groups in total. The van der Waals surface area contributed by atoms with Crippen molar-refractivity contribution >= 4 is 44.2 Å². The second-order valence-electron chi connectivity index (χ2n) is 9.23. The van der Waals surface area contributed by atoms with Crippen molar-refractivity contribution in [2.24, 2.45) is 11.8 Å². The predicted molar refractivity (Wildman–Crippen MR) is 139 cm³/mol. The minimum atomic E-state index is -0.0546. The normalized spacial score (nSPS) is 19.5. The maximum Gasteiger partial charge on any atom is 0.256 e. The van der Waals surface area contributed by atoms with Crippen LogP contribution in [-0.4, -0.2) is 71.2 Å². The third-order valence-corrected chi connectivity index (χ3v) is 8.16. The first-order valence-corrected chi connectivity index (χ1v) is 12.9. The van der Waals surface area contributed by atoms with Gasteiger partial charge >= 0.3 is 0 Å². The molecule has 2 unspecified atom stereocenters. The number of hydrogen-bond donors (Lipinski definition) is 0. The molecule has 186 valence electrons. The average Bonchev–Trinajstić information content (AvgIpc) is 3.57. The Morgan fingerprint density at radius 3 is 2.39 bits per heavy atom. The number of likely N-dealkylation sites (tertiary alicyclic amines) is 1. The molecule has 4 aromatic rings. The van der Waals surface area contributed by atoms with Gasteiger partial charge in [-0.15, -0.1) is 0 Å². The first-order valence-electron chi connectivity index (χ1n) is 11.8. The number of rotatable bonds is 5. The number of aromatic nitrogens is 4. The maximum atomic E-state index is 13.8. The molecule has 6 rings (SSSR count). The van der Waals surface area contributed by atoms with E-state index in [1.54, 1.807) is 50.1 Å². The van der Waals surface area contributed by atoms with Crippen LogP contribution in [-0.2, 0) is 0 Å². The Morgan fingerprint density at radius 1 is 1.00 bits per heavy atom. The summed E-state index contributed by atoms with van der Waals surface area (Å²) in [6, 6.07) is 9.29. The second-order valence-corrected chi connectivity index (χ2v) is 10.7. The van der Waals surface area contributed by atoms with Gasteiger partial charge in [0, 0.05) is 37.3 Å². The lowest BCUT2D eigenvalue weighted by molar-refractivity contribution is 0.0564. The Bertz CT molecular complexity index is 1410. The summed E-state index contributed by atoms with van der Waals surface area (Å²) >= 11 is 7.85. The number of carbonyl (C=O) groups excluding carboxylic acids is 1. The van der Waals surface area contributed by atoms with E-state index in [4.69, 9.17) is 26.1 Å². The van der Waals surface area contributed by atoms with Gasteiger partial charge in [-0.3, -0.25) is 4.79 Å². The van der Waals surface area contributed by atoms with E-state index in [-0.39, 0.29) is 5.91 Å². The molecule has 2 aromatic carbocycles. The van der Waals surface area contributed by atoms with Gasteiger partial charge < -0.3 is 19.3 Å². The fraction of sp³-hybridized carbons (Fsp3) is 0.360. The number of benzene rings is 2. The molecule has 2 saturated heterocycles. The van der Waals surface area contributed by atoms with Gasteiger partial charge in [0.1, 0.15) is 5.69 Å². The molecular weight excluding hydrogens is 500 g/mol. The molecule has 2 bridgehead atoms. The van der Waals surface area contributed by atoms with Crippen LogP contribution in [0.15, 0.2) is 42.7 Å². The van der Waals surface area contributed by atoms with Crippen molar-refractivity contribution in [1.29, 1.82) is 0 Å². The number of piperidine rings is 2. The van der Waals surface area contributed by atoms with E-state index < -0.39 is 0 Å². The highest BCUT2D eigenvalue weighted by atomic mass is 35.5. The van der Waals surface area contributed by atoms with Gasteiger partial charge in [-0.05, 0) is 42.5 Å². The zero-order valence-corrected chi connectivity index (χ0v) is 21.5. The van der Waals surface area contributed by atoms with Crippen molar-refractivity contribution in [2.75, 3.05) is 45.3 Å². The summed E-state index contributed by atoms with van der Waals surface area (Å²) in [4.78, 5) is 24.5. The van der Waals surface area contributed by atoms with Crippen molar-refractivity contribution in [2.45, 2.75) is 6.42 Å². The Morgan fingerprint density at radius 2 is 1.69 bits per heavy atom. The quantitative estimate of drug-likeness (QED) is 0.388. The number of methoxy groups -OCH3 is 2. The van der Waals surface area contributed by atoms with Gasteiger partial charge in [0.05, 0.1) is 42.4 Å². The summed E-state index contributed by atoms with van der Waals surface area (Å²) < 4.78 is 12.0. The summed E-state index contributed by atoms with van der Waals surface area (Å²) in [7, 11) is 3.13. The molecule has 0 saturated carbocycles. The zero-order valence-electron chi connectivity index (χ0n) is 19.9. The van der Waals surface area contributed by atoms with Crippen molar-refractivity contribution in [3.05, 3.63) is 53.3 Å². The van der Waals surface area contributed by atoms with E-state index in [1.807, 2.05) is 23.1 Å². The molecule has 9 nitrogen and oxygen atoms in total. The third kappa shape index (κ3) is 4.14. The summed E-state index contributed by atoms with van der Waals surface area (Å²) in [5, 5.41) is 10.2. The van der Waals surface area contributed by atoms with Crippen LogP contribution in [0.2, 0.25) is 5.02 Å². The number of carbonyl (C=O) groups is 1. The Hall–Kier alpha value is -3.37. The SMILES string of the molecule is COc1cc(C(=O)N2CC3CC(C2)CN(c2nc4ccc(Cl)cc4s2)C3)c(-n2nccn2)cc1OC. The van der Waals surface area contributed by atoms with Gasteiger partial charge in [-0.25, -0.2) is 4.98 Å². The van der Waals surface area contributed by atoms with Crippen molar-refractivity contribution in [1.82, 2.24) is 24.9 Å². The van der Waals surface area contributed by atoms with Gasteiger partial charge in [-0.1, -0.05) is 22.9 Å². The Balaban J connectivity index is 1.25. The number of thiazole rings is 1. The number of amides is 1. The van der Waals surface area contributed by atoms with E-state index in [2.05, 4.69) is 15.1 Å². The summed E-state index contributed by atoms with van der Waals surface area (Å²) in [6.45, 7) is 3.10. The minimum absolute atomic E-state index is 0.0546. The first-order chi connectivity index (χ1) is 17.5. The highest BCUT2D eigenvalue weighted by molar-refractivity contribution is 7.22. The summed E-state index contributed by atoms with van der Waals surface area (Å²) in [5.74, 6) is 1.69. The Labute approximate surface area is 217 Å². The topological polar surface area (TPSA) is 85.6 Å². The molecule has 4 heterocycles. The molecular formula is C25H25ClN6O3S. The van der Waals surface area contributed by atoms with Crippen LogP contribution in [0.3, 0.4) is 0 Å². The van der Waals surface area contributed by atoms with Gasteiger partial charge in [0.25, 0.3) is 5.91 Å². The van der Waals surface area contributed by atoms with Crippen LogP contribution in [0.4, 0.5) is 5.13 Å². The molecule has 11 heteroatoms. The van der Waals surface area contributed by atoms with Gasteiger partial charge in [0.2, 0.25) is 0 Å². The van der Waals surface area contributed by atoms with Crippen LogP contribution in [0.1, 0.15) is 16.8 Å². The highest BCUT2D eigenvalue weighted by Crippen LogP contribution is 2.38. The fourth-order valence-electron chi connectivity index (χ4n) is 5.34. The molecule has 2 aliphatic heterocycles. The summed E-state index contributed by atoms with van der Waals surface area (Å²) in [6.07, 6.45) is 4.28. The standard InChI is InChI=1S/C25H25ClN6O3S/c1-34-21-9-18(20(10-22(21)35-2)32-27-5-6-28-32)24(33)30-11-15-7-16(12-30)14-31(13-15)25-29-19-4-3-17(26)8-23(19)36-25/h3-6,8-10,15-16H,7,11-14H2,1-2H3. The van der Waals surface area contributed by atoms with Crippen LogP contribution in [0, 0.1) is 11.8 Å². The molecule has 2 atom stereocenters. The van der Waals surface area contributed by atoms with E-state index >= 15 is 0 Å². The monoisotopic (exact) mass is 524 g/mol. The molecule has 2 aliphatic rings. The van der Waals surface area contributed by atoms with Gasteiger partial charge in [0.15, 0.2) is 16.6 Å². The molecule has 0 radical (unpaired) electrons. The number of hydrogen-bond acceptors (Lipinski definition) is 8. The van der Waals surface area contributed by atoms with Crippen molar-refractivity contribution in [3.63, 3.8) is 0 Å². The average molecular weight is 525 g/mol. The fourth-order valence-corrected chi connectivity index (χ4v) is 6.60. The Kier molecular flexibility index (Phi) is 5.93.